The molecule has 0 radical (unpaired) electrons. The minimum atomic E-state index is -4.31. The normalized spacial score (nSPS) is 19.6. The number of hydrogen-bond acceptors (Lipinski definition) is 4. The Kier molecular flexibility index (Phi) is 7.18. The van der Waals surface area contributed by atoms with Gasteiger partial charge >= 0.3 is 6.18 Å². The number of hydrogen-bond donors (Lipinski definition) is 2. The Hall–Kier alpha value is -1.80. The molecule has 156 valence electrons. The van der Waals surface area contributed by atoms with Crippen molar-refractivity contribution in [3.63, 3.8) is 0 Å². The van der Waals surface area contributed by atoms with Crippen molar-refractivity contribution in [3.8, 4) is 0 Å². The largest absolute Gasteiger partial charge is 0.416 e. The lowest BCUT2D eigenvalue weighted by Crippen LogP contribution is -2.47. The Balaban J connectivity index is 1.36. The van der Waals surface area contributed by atoms with E-state index < -0.39 is 11.7 Å². The molecule has 0 unspecified atom stereocenters. The number of piperazine rings is 1. The summed E-state index contributed by atoms with van der Waals surface area (Å²) in [5, 5.41) is 6.30. The summed E-state index contributed by atoms with van der Waals surface area (Å²) < 4.78 is 38.7. The monoisotopic (exact) mass is 398 g/mol. The number of anilines is 1. The van der Waals surface area contributed by atoms with E-state index in [1.807, 2.05) is 4.90 Å². The van der Waals surface area contributed by atoms with Crippen LogP contribution in [0.5, 0.6) is 0 Å². The Morgan fingerprint density at radius 1 is 1.14 bits per heavy atom. The molecule has 2 aliphatic heterocycles. The summed E-state index contributed by atoms with van der Waals surface area (Å²) in [7, 11) is 0. The fourth-order valence-corrected chi connectivity index (χ4v) is 3.85. The summed E-state index contributed by atoms with van der Waals surface area (Å²) in [6.45, 7) is 6.45. The van der Waals surface area contributed by atoms with E-state index in [4.69, 9.17) is 0 Å². The molecule has 0 aliphatic carbocycles. The molecule has 0 atom stereocenters. The summed E-state index contributed by atoms with van der Waals surface area (Å²) in [5.74, 6) is 0.299. The molecular weight excluding hydrogens is 369 g/mol. The lowest BCUT2D eigenvalue weighted by molar-refractivity contribution is -0.137. The minimum Gasteiger partial charge on any atom is -0.369 e. The van der Waals surface area contributed by atoms with Crippen LogP contribution in [0.4, 0.5) is 18.9 Å². The third-order valence-corrected chi connectivity index (χ3v) is 5.57. The quantitative estimate of drug-likeness (QED) is 0.723. The maximum absolute atomic E-state index is 12.9. The van der Waals surface area contributed by atoms with Gasteiger partial charge in [-0.2, -0.15) is 13.2 Å². The van der Waals surface area contributed by atoms with E-state index in [1.54, 1.807) is 6.07 Å². The zero-order chi connectivity index (χ0) is 20.0. The second-order valence-electron chi connectivity index (χ2n) is 7.55. The first kappa shape index (κ1) is 20.9. The van der Waals surface area contributed by atoms with Gasteiger partial charge in [-0.05, 0) is 57.1 Å². The van der Waals surface area contributed by atoms with Crippen molar-refractivity contribution in [2.75, 3.05) is 57.3 Å². The van der Waals surface area contributed by atoms with Crippen molar-refractivity contribution in [1.29, 1.82) is 0 Å². The first-order valence-corrected chi connectivity index (χ1v) is 10.1. The smallest absolute Gasteiger partial charge is 0.369 e. The summed E-state index contributed by atoms with van der Waals surface area (Å²) >= 11 is 0. The van der Waals surface area contributed by atoms with Crippen LogP contribution < -0.4 is 15.5 Å². The van der Waals surface area contributed by atoms with E-state index in [-0.39, 0.29) is 11.8 Å². The number of rotatable bonds is 6. The van der Waals surface area contributed by atoms with Gasteiger partial charge in [0.05, 0.1) is 5.56 Å². The third-order valence-electron chi connectivity index (χ3n) is 5.57. The molecule has 2 aliphatic rings. The number of alkyl halides is 3. The lowest BCUT2D eigenvalue weighted by Gasteiger charge is -2.36. The number of halogens is 3. The number of carbonyl (C=O) groups is 1. The number of carbonyl (C=O) groups excluding carboxylic acids is 1. The number of piperidine rings is 1. The van der Waals surface area contributed by atoms with Crippen LogP contribution in [0.25, 0.3) is 0 Å². The second-order valence-corrected chi connectivity index (χ2v) is 7.55. The average molecular weight is 398 g/mol. The van der Waals surface area contributed by atoms with Crippen LogP contribution in [0, 0.1) is 5.92 Å². The molecule has 1 aromatic rings. The predicted molar refractivity (Wildman–Crippen MR) is 103 cm³/mol. The van der Waals surface area contributed by atoms with Gasteiger partial charge in [-0.15, -0.1) is 0 Å². The van der Waals surface area contributed by atoms with Gasteiger partial charge in [0.25, 0.3) is 0 Å². The van der Waals surface area contributed by atoms with E-state index in [0.717, 1.165) is 58.1 Å². The molecule has 2 N–H and O–H groups in total. The molecule has 2 fully saturated rings. The highest BCUT2D eigenvalue weighted by atomic mass is 19.4. The first-order valence-electron chi connectivity index (χ1n) is 10.1. The fraction of sp³-hybridized carbons (Fsp3) is 0.650. The van der Waals surface area contributed by atoms with Crippen molar-refractivity contribution in [2.24, 2.45) is 5.92 Å². The molecule has 5 nitrogen and oxygen atoms in total. The van der Waals surface area contributed by atoms with E-state index in [0.29, 0.717) is 25.3 Å². The standard InChI is InChI=1S/C20H29F3N4O/c21-20(22,23)17-3-1-4-18(15-17)27-13-11-26(12-14-27)10-2-7-25-19(28)16-5-8-24-9-6-16/h1,3-4,15-16,24H,2,5-14H2,(H,25,28). The van der Waals surface area contributed by atoms with Gasteiger partial charge in [-0.1, -0.05) is 6.07 Å². The highest BCUT2D eigenvalue weighted by Gasteiger charge is 2.31. The second kappa shape index (κ2) is 9.60. The van der Waals surface area contributed by atoms with E-state index >= 15 is 0 Å². The van der Waals surface area contributed by atoms with E-state index in [9.17, 15) is 18.0 Å². The maximum atomic E-state index is 12.9. The Labute approximate surface area is 164 Å². The molecule has 2 heterocycles. The van der Waals surface area contributed by atoms with Crippen LogP contribution in [0.3, 0.4) is 0 Å². The maximum Gasteiger partial charge on any atom is 0.416 e. The number of nitrogens with one attached hydrogen (secondary N) is 2. The molecule has 8 heteroatoms. The lowest BCUT2D eigenvalue weighted by atomic mass is 9.97. The molecule has 2 saturated heterocycles. The number of benzene rings is 1. The Morgan fingerprint density at radius 2 is 1.86 bits per heavy atom. The zero-order valence-corrected chi connectivity index (χ0v) is 16.1. The summed E-state index contributed by atoms with van der Waals surface area (Å²) in [6, 6.07) is 5.54. The van der Waals surface area contributed by atoms with E-state index in [2.05, 4.69) is 15.5 Å². The highest BCUT2D eigenvalue weighted by Crippen LogP contribution is 2.31. The van der Waals surface area contributed by atoms with Crippen molar-refractivity contribution in [3.05, 3.63) is 29.8 Å². The first-order chi connectivity index (χ1) is 13.4. The van der Waals surface area contributed by atoms with Crippen molar-refractivity contribution >= 4 is 11.6 Å². The van der Waals surface area contributed by atoms with Crippen LogP contribution >= 0.6 is 0 Å². The summed E-state index contributed by atoms with van der Waals surface area (Å²) in [5.41, 5.74) is 0.0284. The SMILES string of the molecule is O=C(NCCCN1CCN(c2cccc(C(F)(F)F)c2)CC1)C1CCNCC1. The van der Waals surface area contributed by atoms with Gasteiger partial charge in [-0.3, -0.25) is 9.69 Å². The van der Waals surface area contributed by atoms with Crippen molar-refractivity contribution in [2.45, 2.75) is 25.4 Å². The van der Waals surface area contributed by atoms with Crippen LogP contribution in [0.15, 0.2) is 24.3 Å². The van der Waals surface area contributed by atoms with Crippen LogP contribution in [-0.4, -0.2) is 63.2 Å². The molecule has 0 saturated carbocycles. The fourth-order valence-electron chi connectivity index (χ4n) is 3.85. The Morgan fingerprint density at radius 3 is 2.54 bits per heavy atom. The molecule has 0 bridgehead atoms. The third kappa shape index (κ3) is 5.85. The molecule has 1 amide bonds. The van der Waals surface area contributed by atoms with Gasteiger partial charge in [0.1, 0.15) is 0 Å². The average Bonchev–Trinajstić information content (AvgIpc) is 2.71. The summed E-state index contributed by atoms with van der Waals surface area (Å²) in [6.07, 6.45) is -1.61. The van der Waals surface area contributed by atoms with Gasteiger partial charge < -0.3 is 15.5 Å². The van der Waals surface area contributed by atoms with Crippen LogP contribution in [0.2, 0.25) is 0 Å². The summed E-state index contributed by atoms with van der Waals surface area (Å²) in [4.78, 5) is 16.4. The molecule has 1 aromatic carbocycles. The highest BCUT2D eigenvalue weighted by molar-refractivity contribution is 5.78. The minimum absolute atomic E-state index is 0.136. The van der Waals surface area contributed by atoms with Crippen molar-refractivity contribution < 1.29 is 18.0 Å². The molecule has 28 heavy (non-hydrogen) atoms. The van der Waals surface area contributed by atoms with Gasteiger partial charge in [0.2, 0.25) is 5.91 Å². The topological polar surface area (TPSA) is 47.6 Å². The van der Waals surface area contributed by atoms with Gasteiger partial charge in [0, 0.05) is 44.3 Å². The number of nitrogens with zero attached hydrogens (tertiary/aromatic N) is 2. The van der Waals surface area contributed by atoms with E-state index in [1.165, 1.54) is 12.1 Å². The van der Waals surface area contributed by atoms with Crippen molar-refractivity contribution in [1.82, 2.24) is 15.5 Å². The number of amides is 1. The van der Waals surface area contributed by atoms with Crippen LogP contribution in [0.1, 0.15) is 24.8 Å². The predicted octanol–water partition coefficient (Wildman–Crippen LogP) is 2.33. The zero-order valence-electron chi connectivity index (χ0n) is 16.1. The van der Waals surface area contributed by atoms with Crippen LogP contribution in [-0.2, 0) is 11.0 Å². The van der Waals surface area contributed by atoms with Gasteiger partial charge in [0.15, 0.2) is 0 Å². The Bertz CT molecular complexity index is 639. The van der Waals surface area contributed by atoms with Gasteiger partial charge in [-0.25, -0.2) is 0 Å². The molecule has 0 aromatic heterocycles. The molecule has 3 rings (SSSR count). The molecule has 0 spiro atoms. The molecular formula is C20H29F3N4O.